The summed E-state index contributed by atoms with van der Waals surface area (Å²) in [6.07, 6.45) is 2.54. The van der Waals surface area contributed by atoms with E-state index in [1.54, 1.807) is 7.11 Å². The van der Waals surface area contributed by atoms with Crippen LogP contribution in [0.2, 0.25) is 0 Å². The molecule has 0 aromatic rings. The lowest BCUT2D eigenvalue weighted by molar-refractivity contribution is 0.168. The minimum atomic E-state index is 0.449. The lowest BCUT2D eigenvalue weighted by Crippen LogP contribution is -2.39. The average molecular weight is 216 g/mol. The summed E-state index contributed by atoms with van der Waals surface area (Å²) in [6.45, 7) is 9.61. The lowest BCUT2D eigenvalue weighted by atomic mass is 10.2. The van der Waals surface area contributed by atoms with Crippen molar-refractivity contribution >= 4 is 0 Å². The van der Waals surface area contributed by atoms with Crippen LogP contribution in [0, 0.1) is 0 Å². The van der Waals surface area contributed by atoms with Crippen molar-refractivity contribution in [1.82, 2.24) is 10.2 Å². The number of methoxy groups -OCH3 is 1. The van der Waals surface area contributed by atoms with E-state index in [1.165, 1.54) is 12.8 Å². The lowest BCUT2D eigenvalue weighted by Gasteiger charge is -2.25. The molecule has 0 bridgehead atoms. The first-order chi connectivity index (χ1) is 7.11. The molecule has 0 spiro atoms. The monoisotopic (exact) mass is 216 g/mol. The molecule has 1 N–H and O–H groups in total. The molecule has 0 aromatic carbocycles. The highest BCUT2D eigenvalue weighted by atomic mass is 16.5. The zero-order valence-electron chi connectivity index (χ0n) is 11.0. The van der Waals surface area contributed by atoms with Gasteiger partial charge < -0.3 is 15.0 Å². The molecular weight excluding hydrogens is 188 g/mol. The van der Waals surface area contributed by atoms with Gasteiger partial charge in [0.1, 0.15) is 0 Å². The van der Waals surface area contributed by atoms with Crippen LogP contribution in [0.1, 0.15) is 33.6 Å². The molecule has 0 amide bonds. The molecule has 3 heteroatoms. The van der Waals surface area contributed by atoms with Crippen molar-refractivity contribution in [3.63, 3.8) is 0 Å². The zero-order chi connectivity index (χ0) is 11.7. The number of hydrogen-bond donors (Lipinski definition) is 1. The maximum absolute atomic E-state index is 5.07. The maximum Gasteiger partial charge on any atom is 0.0613 e. The van der Waals surface area contributed by atoms with Gasteiger partial charge in [-0.15, -0.1) is 0 Å². The van der Waals surface area contributed by atoms with Crippen LogP contribution in [0.15, 0.2) is 0 Å². The summed E-state index contributed by atoms with van der Waals surface area (Å²) in [5.41, 5.74) is 0. The van der Waals surface area contributed by atoms with Crippen LogP contribution in [0.5, 0.6) is 0 Å². The van der Waals surface area contributed by atoms with Crippen LogP contribution in [0.25, 0.3) is 0 Å². The van der Waals surface area contributed by atoms with Crippen molar-refractivity contribution in [1.29, 1.82) is 0 Å². The summed E-state index contributed by atoms with van der Waals surface area (Å²) < 4.78 is 5.07. The second kappa shape index (κ2) is 9.13. The fourth-order valence-electron chi connectivity index (χ4n) is 1.65. The molecular formula is C12H28N2O. The van der Waals surface area contributed by atoms with E-state index in [0.29, 0.717) is 12.1 Å². The molecule has 0 fully saturated rings. The minimum Gasteiger partial charge on any atom is -0.383 e. The number of ether oxygens (including phenoxy) is 1. The maximum atomic E-state index is 5.07. The van der Waals surface area contributed by atoms with E-state index in [1.807, 2.05) is 0 Å². The molecule has 0 heterocycles. The highest BCUT2D eigenvalue weighted by Crippen LogP contribution is 2.02. The molecule has 0 saturated heterocycles. The highest BCUT2D eigenvalue weighted by molar-refractivity contribution is 4.65. The van der Waals surface area contributed by atoms with Crippen LogP contribution in [0.4, 0.5) is 0 Å². The van der Waals surface area contributed by atoms with Crippen molar-refractivity contribution in [2.75, 3.05) is 33.9 Å². The number of nitrogens with zero attached hydrogens (tertiary/aromatic N) is 1. The Labute approximate surface area is 95.2 Å². The van der Waals surface area contributed by atoms with Crippen LogP contribution in [-0.4, -0.2) is 50.8 Å². The Balaban J connectivity index is 3.49. The van der Waals surface area contributed by atoms with Gasteiger partial charge in [-0.25, -0.2) is 0 Å². The van der Waals surface area contributed by atoms with Gasteiger partial charge in [-0.3, -0.25) is 0 Å². The Kier molecular flexibility index (Phi) is 9.06. The van der Waals surface area contributed by atoms with Gasteiger partial charge >= 0.3 is 0 Å². The van der Waals surface area contributed by atoms with Gasteiger partial charge in [-0.2, -0.15) is 0 Å². The predicted molar refractivity (Wildman–Crippen MR) is 66.3 cm³/mol. The van der Waals surface area contributed by atoms with E-state index in [0.717, 1.165) is 19.7 Å². The summed E-state index contributed by atoms with van der Waals surface area (Å²) in [5.74, 6) is 0. The number of rotatable bonds is 9. The third-order valence-corrected chi connectivity index (χ3v) is 2.83. The molecule has 2 atom stereocenters. The van der Waals surface area contributed by atoms with Crippen molar-refractivity contribution in [2.45, 2.75) is 45.7 Å². The molecule has 92 valence electrons. The zero-order valence-corrected chi connectivity index (χ0v) is 11.0. The first-order valence-corrected chi connectivity index (χ1v) is 6.04. The highest BCUT2D eigenvalue weighted by Gasteiger charge is 2.07. The van der Waals surface area contributed by atoms with Crippen LogP contribution < -0.4 is 5.32 Å². The fourth-order valence-corrected chi connectivity index (χ4v) is 1.65. The Morgan fingerprint density at radius 1 is 1.33 bits per heavy atom. The number of likely N-dealkylation sites (N-methyl/N-ethyl adjacent to an activating group) is 1. The molecule has 0 radical (unpaired) electrons. The van der Waals surface area contributed by atoms with Crippen LogP contribution in [-0.2, 0) is 4.74 Å². The van der Waals surface area contributed by atoms with E-state index >= 15 is 0 Å². The predicted octanol–water partition coefficient (Wildman–Crippen LogP) is 1.73. The molecule has 0 aliphatic rings. The summed E-state index contributed by atoms with van der Waals surface area (Å²) in [7, 11) is 3.94. The van der Waals surface area contributed by atoms with Gasteiger partial charge in [0.2, 0.25) is 0 Å². The van der Waals surface area contributed by atoms with E-state index < -0.39 is 0 Å². The summed E-state index contributed by atoms with van der Waals surface area (Å²) >= 11 is 0. The van der Waals surface area contributed by atoms with Crippen molar-refractivity contribution in [3.05, 3.63) is 0 Å². The topological polar surface area (TPSA) is 24.5 Å². The van der Waals surface area contributed by atoms with E-state index in [4.69, 9.17) is 4.74 Å². The van der Waals surface area contributed by atoms with E-state index in [-0.39, 0.29) is 0 Å². The minimum absolute atomic E-state index is 0.449. The van der Waals surface area contributed by atoms with Gasteiger partial charge in [-0.05, 0) is 27.3 Å². The van der Waals surface area contributed by atoms with Crippen molar-refractivity contribution in [2.24, 2.45) is 0 Å². The normalized spacial score (nSPS) is 15.6. The van der Waals surface area contributed by atoms with Gasteiger partial charge in [0.05, 0.1) is 6.61 Å². The average Bonchev–Trinajstić information content (AvgIpc) is 2.18. The van der Waals surface area contributed by atoms with Gasteiger partial charge in [0, 0.05) is 32.3 Å². The third-order valence-electron chi connectivity index (χ3n) is 2.83. The van der Waals surface area contributed by atoms with E-state index in [2.05, 4.69) is 38.0 Å². The van der Waals surface area contributed by atoms with Gasteiger partial charge in [0.25, 0.3) is 0 Å². The quantitative estimate of drug-likeness (QED) is 0.635. The van der Waals surface area contributed by atoms with Gasteiger partial charge in [0.15, 0.2) is 0 Å². The Bertz CT molecular complexity index is 142. The van der Waals surface area contributed by atoms with Crippen molar-refractivity contribution in [3.8, 4) is 0 Å². The Hall–Kier alpha value is -0.120. The summed E-state index contributed by atoms with van der Waals surface area (Å²) in [5, 5.41) is 3.44. The molecule has 0 rings (SSSR count). The largest absolute Gasteiger partial charge is 0.383 e. The molecule has 2 unspecified atom stereocenters. The van der Waals surface area contributed by atoms with Crippen LogP contribution >= 0.6 is 0 Å². The van der Waals surface area contributed by atoms with E-state index in [9.17, 15) is 0 Å². The molecule has 15 heavy (non-hydrogen) atoms. The second-order valence-corrected chi connectivity index (χ2v) is 4.43. The Morgan fingerprint density at radius 2 is 2.00 bits per heavy atom. The number of nitrogens with one attached hydrogen (secondary N) is 1. The number of hydrogen-bond acceptors (Lipinski definition) is 3. The first kappa shape index (κ1) is 14.9. The van der Waals surface area contributed by atoms with Gasteiger partial charge in [-0.1, -0.05) is 13.3 Å². The van der Waals surface area contributed by atoms with Crippen LogP contribution in [0.3, 0.4) is 0 Å². The fraction of sp³-hybridized carbons (Fsp3) is 1.00. The molecule has 0 aliphatic heterocycles. The second-order valence-electron chi connectivity index (χ2n) is 4.43. The smallest absolute Gasteiger partial charge is 0.0613 e. The SMILES string of the molecule is CCCC(C)N(C)CCNC(C)COC. The molecule has 0 saturated carbocycles. The van der Waals surface area contributed by atoms with Crippen molar-refractivity contribution < 1.29 is 4.74 Å². The third kappa shape index (κ3) is 7.77. The molecule has 0 aromatic heterocycles. The molecule has 3 nitrogen and oxygen atoms in total. The summed E-state index contributed by atoms with van der Waals surface area (Å²) in [6, 6.07) is 1.14. The summed E-state index contributed by atoms with van der Waals surface area (Å²) in [4.78, 5) is 2.41. The first-order valence-electron chi connectivity index (χ1n) is 6.04. The standard InChI is InChI=1S/C12H28N2O/c1-6-7-12(3)14(4)9-8-13-11(2)10-15-5/h11-13H,6-10H2,1-5H3. The molecule has 0 aliphatic carbocycles. The Morgan fingerprint density at radius 3 is 2.53 bits per heavy atom.